The average Bonchev–Trinajstić information content (AvgIpc) is 2.49. The van der Waals surface area contributed by atoms with E-state index >= 15 is 0 Å². The van der Waals surface area contributed by atoms with Crippen LogP contribution in [0.4, 0.5) is 0 Å². The van der Waals surface area contributed by atoms with Crippen molar-refractivity contribution >= 4 is 17.0 Å². The molecule has 0 saturated heterocycles. The van der Waals surface area contributed by atoms with Crippen molar-refractivity contribution in [2.75, 3.05) is 0 Å². The quantitative estimate of drug-likeness (QED) is 0.709. The predicted octanol–water partition coefficient (Wildman–Crippen LogP) is 4.69. The zero-order chi connectivity index (χ0) is 10.1. The standard InChI is InChI=1S/C10H16.2ClH.Zr/c1-3-4-5-10-7-6-9(2)8-10;;;/h6-9H,3-5H2,1-2H3;2*1H;/q;;;+2/p-2. The molecule has 0 radical (unpaired) electrons. The molecule has 0 N–H and O–H groups in total. The molecule has 1 aliphatic rings. The monoisotopic (exact) mass is 296 g/mol. The Bertz CT molecular complexity index is 176. The van der Waals surface area contributed by atoms with Crippen LogP contribution < -0.4 is 0 Å². The minimum atomic E-state index is -0.826. The Balaban J connectivity index is 0.000000424. The van der Waals surface area contributed by atoms with Gasteiger partial charge in [-0.1, -0.05) is 44.1 Å². The van der Waals surface area contributed by atoms with Gasteiger partial charge in [-0.15, -0.1) is 0 Å². The zero-order valence-corrected chi connectivity index (χ0v) is 12.2. The second-order valence-corrected chi connectivity index (χ2v) is 6.87. The van der Waals surface area contributed by atoms with E-state index in [2.05, 4.69) is 32.1 Å². The summed E-state index contributed by atoms with van der Waals surface area (Å²) < 4.78 is 0. The molecular formula is C10H16Cl2Zr. The molecule has 74 valence electrons. The van der Waals surface area contributed by atoms with Gasteiger partial charge in [0.1, 0.15) is 0 Å². The van der Waals surface area contributed by atoms with Crippen LogP contribution in [-0.2, 0) is 20.8 Å². The summed E-state index contributed by atoms with van der Waals surface area (Å²) in [7, 11) is 9.87. The van der Waals surface area contributed by atoms with Gasteiger partial charge in [0.15, 0.2) is 0 Å². The summed E-state index contributed by atoms with van der Waals surface area (Å²) >= 11 is -0.826. The van der Waals surface area contributed by atoms with E-state index < -0.39 is 20.8 Å². The summed E-state index contributed by atoms with van der Waals surface area (Å²) in [5.41, 5.74) is 1.54. The van der Waals surface area contributed by atoms with Crippen molar-refractivity contribution in [3.63, 3.8) is 0 Å². The summed E-state index contributed by atoms with van der Waals surface area (Å²) in [6.07, 6.45) is 10.8. The fourth-order valence-corrected chi connectivity index (χ4v) is 1.27. The SMILES string of the molecule is CCCCC1=CC(C)C=C1.[Cl][Zr][Cl]. The van der Waals surface area contributed by atoms with Gasteiger partial charge in [-0.25, -0.2) is 0 Å². The summed E-state index contributed by atoms with van der Waals surface area (Å²) in [5.74, 6) is 0.687. The van der Waals surface area contributed by atoms with E-state index in [1.165, 1.54) is 24.8 Å². The van der Waals surface area contributed by atoms with Crippen molar-refractivity contribution < 1.29 is 20.8 Å². The number of hydrogen-bond acceptors (Lipinski definition) is 0. The molecular weight excluding hydrogens is 282 g/mol. The number of hydrogen-bond donors (Lipinski definition) is 0. The zero-order valence-electron chi connectivity index (χ0n) is 8.19. The number of allylic oxidation sites excluding steroid dienone is 4. The fraction of sp³-hybridized carbons (Fsp3) is 0.600. The van der Waals surface area contributed by atoms with Gasteiger partial charge in [-0.05, 0) is 18.8 Å². The van der Waals surface area contributed by atoms with Crippen molar-refractivity contribution in [2.24, 2.45) is 5.92 Å². The van der Waals surface area contributed by atoms with Gasteiger partial charge in [0.2, 0.25) is 0 Å². The summed E-state index contributed by atoms with van der Waals surface area (Å²) in [5, 5.41) is 0. The van der Waals surface area contributed by atoms with Crippen LogP contribution in [0.2, 0.25) is 0 Å². The van der Waals surface area contributed by atoms with Crippen LogP contribution in [0.1, 0.15) is 33.1 Å². The Morgan fingerprint density at radius 3 is 2.46 bits per heavy atom. The maximum absolute atomic E-state index is 4.93. The van der Waals surface area contributed by atoms with Crippen LogP contribution in [0.15, 0.2) is 23.8 Å². The molecule has 0 aromatic carbocycles. The second kappa shape index (κ2) is 9.50. The number of unbranched alkanes of at least 4 members (excludes halogenated alkanes) is 1. The normalized spacial score (nSPS) is 19.1. The first-order chi connectivity index (χ1) is 6.24. The molecule has 3 heteroatoms. The van der Waals surface area contributed by atoms with Crippen LogP contribution in [0, 0.1) is 5.92 Å². The van der Waals surface area contributed by atoms with Crippen LogP contribution >= 0.6 is 17.0 Å². The van der Waals surface area contributed by atoms with Crippen LogP contribution in [0.3, 0.4) is 0 Å². The van der Waals surface area contributed by atoms with Gasteiger partial charge in [0.25, 0.3) is 0 Å². The Kier molecular flexibility index (Phi) is 10.2. The van der Waals surface area contributed by atoms with Crippen molar-refractivity contribution in [3.05, 3.63) is 23.8 Å². The third kappa shape index (κ3) is 7.97. The molecule has 13 heavy (non-hydrogen) atoms. The fourth-order valence-electron chi connectivity index (χ4n) is 1.27. The first kappa shape index (κ1) is 13.9. The Hall–Kier alpha value is 0.943. The van der Waals surface area contributed by atoms with Gasteiger partial charge in [0, 0.05) is 0 Å². The van der Waals surface area contributed by atoms with E-state index in [9.17, 15) is 0 Å². The molecule has 0 amide bonds. The van der Waals surface area contributed by atoms with Gasteiger partial charge >= 0.3 is 37.9 Å². The maximum atomic E-state index is 4.93. The first-order valence-electron chi connectivity index (χ1n) is 4.59. The van der Waals surface area contributed by atoms with E-state index in [-0.39, 0.29) is 0 Å². The molecule has 0 aromatic rings. The van der Waals surface area contributed by atoms with Crippen LogP contribution in [0.5, 0.6) is 0 Å². The molecule has 0 spiro atoms. The first-order valence-corrected chi connectivity index (χ1v) is 10.9. The van der Waals surface area contributed by atoms with Gasteiger partial charge in [0.05, 0.1) is 0 Å². The van der Waals surface area contributed by atoms with Crippen molar-refractivity contribution in [2.45, 2.75) is 33.1 Å². The molecule has 0 aromatic heterocycles. The van der Waals surface area contributed by atoms with E-state index in [0.29, 0.717) is 5.92 Å². The average molecular weight is 298 g/mol. The van der Waals surface area contributed by atoms with E-state index in [0.717, 1.165) is 0 Å². The van der Waals surface area contributed by atoms with Crippen molar-refractivity contribution in [3.8, 4) is 0 Å². The molecule has 0 aliphatic heterocycles. The molecule has 1 atom stereocenters. The Morgan fingerprint density at radius 1 is 1.46 bits per heavy atom. The Labute approximate surface area is 100 Å². The minimum absolute atomic E-state index is 0.687. The van der Waals surface area contributed by atoms with Gasteiger partial charge in [-0.3, -0.25) is 0 Å². The third-order valence-corrected chi connectivity index (χ3v) is 1.91. The summed E-state index contributed by atoms with van der Waals surface area (Å²) in [4.78, 5) is 0. The molecule has 0 bridgehead atoms. The van der Waals surface area contributed by atoms with Crippen molar-refractivity contribution in [1.82, 2.24) is 0 Å². The van der Waals surface area contributed by atoms with Gasteiger partial charge < -0.3 is 0 Å². The molecule has 1 unspecified atom stereocenters. The molecule has 0 fully saturated rings. The predicted molar refractivity (Wildman–Crippen MR) is 57.6 cm³/mol. The summed E-state index contributed by atoms with van der Waals surface area (Å²) in [6.45, 7) is 4.47. The molecule has 1 aliphatic carbocycles. The van der Waals surface area contributed by atoms with Gasteiger partial charge in [-0.2, -0.15) is 0 Å². The van der Waals surface area contributed by atoms with E-state index in [1.54, 1.807) is 0 Å². The summed E-state index contributed by atoms with van der Waals surface area (Å²) in [6, 6.07) is 0. The number of halogens is 2. The third-order valence-electron chi connectivity index (χ3n) is 1.91. The molecule has 1 rings (SSSR count). The van der Waals surface area contributed by atoms with E-state index in [4.69, 9.17) is 17.0 Å². The molecule has 0 nitrogen and oxygen atoms in total. The second-order valence-electron chi connectivity index (χ2n) is 3.13. The van der Waals surface area contributed by atoms with Crippen LogP contribution in [-0.4, -0.2) is 0 Å². The Morgan fingerprint density at radius 2 is 2.08 bits per heavy atom. The topological polar surface area (TPSA) is 0 Å². The van der Waals surface area contributed by atoms with Crippen molar-refractivity contribution in [1.29, 1.82) is 0 Å². The number of rotatable bonds is 3. The molecule has 0 heterocycles. The van der Waals surface area contributed by atoms with E-state index in [1.807, 2.05) is 0 Å². The van der Waals surface area contributed by atoms with Crippen LogP contribution in [0.25, 0.3) is 0 Å². The molecule has 0 saturated carbocycles.